The van der Waals surface area contributed by atoms with Gasteiger partial charge in [-0.05, 0) is 35.4 Å². The highest BCUT2D eigenvalue weighted by atomic mass is 35.5. The van der Waals surface area contributed by atoms with Gasteiger partial charge in [0.25, 0.3) is 0 Å². The fourth-order valence-electron chi connectivity index (χ4n) is 2.19. The van der Waals surface area contributed by atoms with Gasteiger partial charge in [-0.25, -0.2) is 0 Å². The fraction of sp³-hybridized carbons (Fsp3) is 0.250. The van der Waals surface area contributed by atoms with E-state index < -0.39 is 11.8 Å². The second-order valence-corrected chi connectivity index (χ2v) is 5.59. The van der Waals surface area contributed by atoms with Crippen molar-refractivity contribution >= 4 is 17.3 Å². The van der Waals surface area contributed by atoms with Crippen LogP contribution in [0.15, 0.2) is 48.5 Å². The fourth-order valence-corrected chi connectivity index (χ4v) is 2.31. The zero-order valence-electron chi connectivity index (χ0n) is 12.0. The molecule has 0 aromatic heterocycles. The van der Waals surface area contributed by atoms with Crippen molar-refractivity contribution in [2.45, 2.75) is 11.8 Å². The molecule has 2 nitrogen and oxygen atoms in total. The maximum Gasteiger partial charge on any atom is 0.425 e. The Kier molecular flexibility index (Phi) is 4.40. The van der Waals surface area contributed by atoms with Gasteiger partial charge in [0.1, 0.15) is 0 Å². The second-order valence-electron chi connectivity index (χ2n) is 5.16. The van der Waals surface area contributed by atoms with E-state index in [-0.39, 0.29) is 11.1 Å². The number of hydrogen-bond donors (Lipinski definition) is 1. The summed E-state index contributed by atoms with van der Waals surface area (Å²) in [5.74, 6) is 0. The number of aliphatic hydroxyl groups is 1. The van der Waals surface area contributed by atoms with Crippen molar-refractivity contribution in [3.63, 3.8) is 0 Å². The molecule has 118 valence electrons. The molecule has 0 saturated heterocycles. The van der Waals surface area contributed by atoms with Crippen LogP contribution in [0.3, 0.4) is 0 Å². The summed E-state index contributed by atoms with van der Waals surface area (Å²) < 4.78 is 40.6. The smallest absolute Gasteiger partial charge is 0.378 e. The van der Waals surface area contributed by atoms with Crippen LogP contribution < -0.4 is 4.90 Å². The highest BCUT2D eigenvalue weighted by molar-refractivity contribution is 6.30. The van der Waals surface area contributed by atoms with E-state index in [1.807, 2.05) is 0 Å². The maximum atomic E-state index is 13.5. The van der Waals surface area contributed by atoms with Crippen LogP contribution >= 0.6 is 11.6 Å². The molecule has 0 fully saturated rings. The Balaban J connectivity index is 2.57. The standard InChI is InChI=1S/C16H15ClF3NO/c1-21(2)14-9-5-12(6-10-14)15(22,16(18,19)20)11-3-7-13(17)8-4-11/h3-10,22H,1-2H3. The molecule has 0 bridgehead atoms. The molecule has 2 aromatic rings. The third-order valence-electron chi connectivity index (χ3n) is 3.47. The molecule has 0 radical (unpaired) electrons. The molecule has 0 heterocycles. The van der Waals surface area contributed by atoms with Crippen molar-refractivity contribution < 1.29 is 18.3 Å². The van der Waals surface area contributed by atoms with Crippen LogP contribution in [0.1, 0.15) is 11.1 Å². The summed E-state index contributed by atoms with van der Waals surface area (Å²) >= 11 is 5.71. The highest BCUT2D eigenvalue weighted by Gasteiger charge is 2.56. The van der Waals surface area contributed by atoms with Crippen molar-refractivity contribution in [3.05, 3.63) is 64.7 Å². The molecule has 22 heavy (non-hydrogen) atoms. The summed E-state index contributed by atoms with van der Waals surface area (Å²) in [5.41, 5.74) is -2.86. The Morgan fingerprint density at radius 1 is 0.864 bits per heavy atom. The molecule has 6 heteroatoms. The van der Waals surface area contributed by atoms with Gasteiger partial charge in [-0.15, -0.1) is 0 Å². The van der Waals surface area contributed by atoms with E-state index in [4.69, 9.17) is 11.6 Å². The molecule has 0 aliphatic heterocycles. The first-order valence-electron chi connectivity index (χ1n) is 6.49. The van der Waals surface area contributed by atoms with Crippen molar-refractivity contribution in [3.8, 4) is 0 Å². The molecule has 2 aromatic carbocycles. The first-order valence-corrected chi connectivity index (χ1v) is 6.87. The highest BCUT2D eigenvalue weighted by Crippen LogP contribution is 2.44. The third-order valence-corrected chi connectivity index (χ3v) is 3.73. The predicted octanol–water partition coefficient (Wildman–Crippen LogP) is 4.20. The molecular formula is C16H15ClF3NO. The quantitative estimate of drug-likeness (QED) is 0.912. The summed E-state index contributed by atoms with van der Waals surface area (Å²) in [7, 11) is 3.56. The summed E-state index contributed by atoms with van der Waals surface area (Å²) in [6, 6.07) is 10.6. The maximum absolute atomic E-state index is 13.5. The van der Waals surface area contributed by atoms with Gasteiger partial charge in [-0.3, -0.25) is 0 Å². The van der Waals surface area contributed by atoms with Gasteiger partial charge in [0.2, 0.25) is 5.60 Å². The van der Waals surface area contributed by atoms with Gasteiger partial charge in [0.05, 0.1) is 0 Å². The van der Waals surface area contributed by atoms with Gasteiger partial charge in [-0.1, -0.05) is 35.9 Å². The first-order chi connectivity index (χ1) is 10.2. The van der Waals surface area contributed by atoms with E-state index in [0.717, 1.165) is 5.69 Å². The van der Waals surface area contributed by atoms with Crippen LogP contribution in [-0.2, 0) is 5.60 Å². The monoisotopic (exact) mass is 329 g/mol. The Hall–Kier alpha value is -1.72. The molecule has 1 N–H and O–H groups in total. The van der Waals surface area contributed by atoms with Crippen LogP contribution in [0.5, 0.6) is 0 Å². The van der Waals surface area contributed by atoms with Gasteiger partial charge >= 0.3 is 6.18 Å². The summed E-state index contributed by atoms with van der Waals surface area (Å²) in [5, 5.41) is 10.7. The number of alkyl halides is 3. The average molecular weight is 330 g/mol. The number of halogens is 4. The Morgan fingerprint density at radius 2 is 1.27 bits per heavy atom. The molecule has 0 aliphatic carbocycles. The number of nitrogens with zero attached hydrogens (tertiary/aromatic N) is 1. The molecule has 0 spiro atoms. The van der Waals surface area contributed by atoms with Gasteiger partial charge < -0.3 is 10.0 Å². The van der Waals surface area contributed by atoms with Gasteiger partial charge in [-0.2, -0.15) is 13.2 Å². The van der Waals surface area contributed by atoms with E-state index in [0.29, 0.717) is 5.02 Å². The zero-order valence-corrected chi connectivity index (χ0v) is 12.8. The van der Waals surface area contributed by atoms with Crippen LogP contribution in [0.4, 0.5) is 18.9 Å². The van der Waals surface area contributed by atoms with Crippen molar-refractivity contribution in [1.29, 1.82) is 0 Å². The van der Waals surface area contributed by atoms with Gasteiger partial charge in [0.15, 0.2) is 0 Å². The molecule has 0 aliphatic rings. The number of hydrogen-bond acceptors (Lipinski definition) is 2. The number of rotatable bonds is 3. The van der Waals surface area contributed by atoms with E-state index >= 15 is 0 Å². The average Bonchev–Trinajstić information content (AvgIpc) is 2.46. The minimum Gasteiger partial charge on any atom is -0.378 e. The van der Waals surface area contributed by atoms with Crippen molar-refractivity contribution in [2.24, 2.45) is 0 Å². The molecule has 0 amide bonds. The van der Waals surface area contributed by atoms with Crippen LogP contribution in [-0.4, -0.2) is 25.4 Å². The molecule has 0 saturated carbocycles. The van der Waals surface area contributed by atoms with Gasteiger partial charge in [0, 0.05) is 24.8 Å². The molecule has 1 atom stereocenters. The molecule has 1 unspecified atom stereocenters. The van der Waals surface area contributed by atoms with E-state index in [1.165, 1.54) is 48.5 Å². The molecule has 2 rings (SSSR count). The lowest BCUT2D eigenvalue weighted by Crippen LogP contribution is -2.43. The normalized spacial score (nSPS) is 14.5. The van der Waals surface area contributed by atoms with Crippen LogP contribution in [0.2, 0.25) is 5.02 Å². The topological polar surface area (TPSA) is 23.5 Å². The third kappa shape index (κ3) is 2.91. The van der Waals surface area contributed by atoms with Crippen molar-refractivity contribution in [2.75, 3.05) is 19.0 Å². The second kappa shape index (κ2) is 5.82. The first kappa shape index (κ1) is 16.6. The summed E-state index contributed by atoms with van der Waals surface area (Å²) in [6.07, 6.45) is -4.86. The number of anilines is 1. The van der Waals surface area contributed by atoms with E-state index in [2.05, 4.69) is 0 Å². The Bertz CT molecular complexity index is 638. The van der Waals surface area contributed by atoms with Crippen LogP contribution in [0, 0.1) is 0 Å². The van der Waals surface area contributed by atoms with E-state index in [1.54, 1.807) is 19.0 Å². The number of benzene rings is 2. The Morgan fingerprint density at radius 3 is 1.64 bits per heavy atom. The lowest BCUT2D eigenvalue weighted by atomic mass is 9.85. The zero-order chi connectivity index (χ0) is 16.5. The lowest BCUT2D eigenvalue weighted by molar-refractivity contribution is -0.248. The van der Waals surface area contributed by atoms with Crippen molar-refractivity contribution in [1.82, 2.24) is 0 Å². The molecular weight excluding hydrogens is 315 g/mol. The minimum atomic E-state index is -4.86. The van der Waals surface area contributed by atoms with Crippen LogP contribution in [0.25, 0.3) is 0 Å². The largest absolute Gasteiger partial charge is 0.425 e. The SMILES string of the molecule is CN(C)c1ccc(C(O)(c2ccc(Cl)cc2)C(F)(F)F)cc1. The Labute approximate surface area is 131 Å². The summed E-state index contributed by atoms with van der Waals surface area (Å²) in [4.78, 5) is 1.76. The lowest BCUT2D eigenvalue weighted by Gasteiger charge is -2.32. The van der Waals surface area contributed by atoms with E-state index in [9.17, 15) is 18.3 Å². The predicted molar refractivity (Wildman–Crippen MR) is 81.3 cm³/mol. The minimum absolute atomic E-state index is 0.243. The summed E-state index contributed by atoms with van der Waals surface area (Å²) in [6.45, 7) is 0.